The van der Waals surface area contributed by atoms with Gasteiger partial charge in [-0.25, -0.2) is 23.9 Å². The molecule has 1 fully saturated rings. The van der Waals surface area contributed by atoms with Gasteiger partial charge in [0.25, 0.3) is 5.91 Å². The minimum absolute atomic E-state index is 0.0397. The van der Waals surface area contributed by atoms with E-state index in [0.717, 1.165) is 17.2 Å². The third kappa shape index (κ3) is 6.41. The number of phosphoric ester groups is 1. The number of carbonyl (C=O) groups excluding carboxylic acids is 1. The lowest BCUT2D eigenvalue weighted by atomic mass is 10.1. The maximum absolute atomic E-state index is 15.4. The van der Waals surface area contributed by atoms with Crippen LogP contribution in [0.25, 0.3) is 11.2 Å². The molecule has 0 saturated carbocycles. The smallest absolute Gasteiger partial charge is 0.346 e. The topological polar surface area (TPSA) is 208 Å². The first-order valence-electron chi connectivity index (χ1n) is 10.9. The van der Waals surface area contributed by atoms with Crippen molar-refractivity contribution in [1.82, 2.24) is 19.5 Å². The fraction of sp³-hybridized carbons (Fsp3) is 0.350. The maximum Gasteiger partial charge on any atom is 0.695 e. The molecule has 1 aliphatic heterocycles. The van der Waals surface area contributed by atoms with Crippen LogP contribution in [-0.2, 0) is 27.4 Å². The van der Waals surface area contributed by atoms with Gasteiger partial charge in [0.1, 0.15) is 12.4 Å². The summed E-state index contributed by atoms with van der Waals surface area (Å²) in [4.78, 5) is 43.8. The summed E-state index contributed by atoms with van der Waals surface area (Å²) < 4.78 is 59.7. The van der Waals surface area contributed by atoms with Gasteiger partial charge in [-0.15, -0.1) is 9.42 Å². The van der Waals surface area contributed by atoms with Crippen molar-refractivity contribution in [2.75, 3.05) is 18.5 Å². The monoisotopic (exact) mass is 569 g/mol. The van der Waals surface area contributed by atoms with Crippen molar-refractivity contribution in [2.24, 2.45) is 0 Å². The van der Waals surface area contributed by atoms with E-state index in [-0.39, 0.29) is 23.4 Å². The first-order chi connectivity index (χ1) is 18.2. The molecule has 1 amide bonds. The predicted octanol–water partition coefficient (Wildman–Crippen LogP) is 2.40. The quantitative estimate of drug-likeness (QED) is 0.224. The Morgan fingerprint density at radius 3 is 2.76 bits per heavy atom. The van der Waals surface area contributed by atoms with Crippen molar-refractivity contribution in [3.63, 3.8) is 0 Å². The van der Waals surface area contributed by atoms with E-state index in [1.54, 1.807) is 36.4 Å². The molecule has 1 aromatic carbocycles. The normalized spacial score (nSPS) is 23.1. The zero-order valence-electron chi connectivity index (χ0n) is 19.2. The van der Waals surface area contributed by atoms with Gasteiger partial charge in [0.05, 0.1) is 32.0 Å². The van der Waals surface area contributed by atoms with Gasteiger partial charge in [-0.3, -0.25) is 18.4 Å². The van der Waals surface area contributed by atoms with E-state index in [1.807, 2.05) is 0 Å². The van der Waals surface area contributed by atoms with Crippen molar-refractivity contribution < 1.29 is 46.4 Å². The number of rotatable bonds is 11. The van der Waals surface area contributed by atoms with Gasteiger partial charge < -0.3 is 14.9 Å². The summed E-state index contributed by atoms with van der Waals surface area (Å²) in [6.07, 6.45) is -4.62. The Labute approximate surface area is 214 Å². The molecule has 6 atom stereocenters. The highest BCUT2D eigenvalue weighted by atomic mass is 31.2. The highest BCUT2D eigenvalue weighted by Gasteiger charge is 2.52. The van der Waals surface area contributed by atoms with Crippen LogP contribution in [0.3, 0.4) is 0 Å². The number of imidazole rings is 1. The molecule has 38 heavy (non-hydrogen) atoms. The van der Waals surface area contributed by atoms with Crippen LogP contribution in [-0.4, -0.2) is 66.8 Å². The number of nitrogens with zero attached hydrogens (tertiary/aromatic N) is 5. The van der Waals surface area contributed by atoms with Crippen LogP contribution in [0, 0.1) is 11.3 Å². The number of halogens is 1. The lowest BCUT2D eigenvalue weighted by Gasteiger charge is -2.17. The Kier molecular flexibility index (Phi) is 8.83. The van der Waals surface area contributed by atoms with Crippen LogP contribution in [0.2, 0.25) is 0 Å². The summed E-state index contributed by atoms with van der Waals surface area (Å²) in [5.74, 6) is -0.429. The number of hydrogen-bond donors (Lipinski definition) is 3. The zero-order chi connectivity index (χ0) is 27.3. The average Bonchev–Trinajstić information content (AvgIpc) is 3.45. The van der Waals surface area contributed by atoms with Crippen LogP contribution in [0.4, 0.5) is 10.2 Å². The number of amides is 1. The van der Waals surface area contributed by atoms with E-state index in [2.05, 4.69) is 24.8 Å². The maximum atomic E-state index is 15.4. The van der Waals surface area contributed by atoms with E-state index in [0.29, 0.717) is 5.56 Å². The standard InChI is InChI=1S/C20H19FN6O9P2/c21-14-16(36-37(29)30)13(9-34-38(31,32)33-8-4-7-22)35-20(14)27-11-25-15-17(23-10-24-18(15)27)26-19(28)12-5-2-1-3-6-12/h1-3,5-6,10-11,13-14,16,20H,4,8-9H2,(H2-,23,24,26,28,29,30,31,32)/p+1/t13-,14-,16-,20-/m1/s1. The predicted molar refractivity (Wildman–Crippen MR) is 125 cm³/mol. The number of carbonyl (C=O) groups is 1. The number of nitrogens with one attached hydrogen (secondary N) is 1. The molecule has 15 nitrogen and oxygen atoms in total. The molecule has 0 spiro atoms. The van der Waals surface area contributed by atoms with Crippen molar-refractivity contribution >= 4 is 39.0 Å². The van der Waals surface area contributed by atoms with Gasteiger partial charge in [0.15, 0.2) is 35.5 Å². The van der Waals surface area contributed by atoms with Crippen LogP contribution in [0.5, 0.6) is 0 Å². The molecule has 0 radical (unpaired) electrons. The molecule has 2 aromatic heterocycles. The molecule has 3 heterocycles. The molecular formula is C20H20FN6O9P2+. The van der Waals surface area contributed by atoms with Crippen LogP contribution in [0.1, 0.15) is 23.0 Å². The first-order valence-corrected chi connectivity index (χ1v) is 13.5. The highest BCUT2D eigenvalue weighted by molar-refractivity contribution is 7.47. The second-order valence-electron chi connectivity index (χ2n) is 7.69. The largest absolute Gasteiger partial charge is 0.695 e. The number of anilines is 1. The molecule has 3 N–H and O–H groups in total. The Morgan fingerprint density at radius 2 is 2.05 bits per heavy atom. The van der Waals surface area contributed by atoms with Gasteiger partial charge in [-0.1, -0.05) is 18.2 Å². The first kappa shape index (κ1) is 27.8. The number of hydrogen-bond acceptors (Lipinski definition) is 11. The second kappa shape index (κ2) is 12.1. The molecule has 1 aliphatic rings. The Hall–Kier alpha value is -3.25. The Bertz CT molecular complexity index is 1400. The fourth-order valence-electron chi connectivity index (χ4n) is 3.59. The Morgan fingerprint density at radius 1 is 1.29 bits per heavy atom. The molecule has 18 heteroatoms. The number of alkyl halides is 1. The third-order valence-electron chi connectivity index (χ3n) is 5.25. The molecule has 200 valence electrons. The molecule has 1 saturated heterocycles. The van der Waals surface area contributed by atoms with Crippen LogP contribution >= 0.6 is 16.1 Å². The van der Waals surface area contributed by atoms with Gasteiger partial charge in [0.2, 0.25) is 0 Å². The van der Waals surface area contributed by atoms with E-state index in [9.17, 15) is 23.7 Å². The van der Waals surface area contributed by atoms with E-state index < -0.39 is 59.8 Å². The fourth-order valence-corrected chi connectivity index (χ4v) is 4.78. The van der Waals surface area contributed by atoms with Crippen LogP contribution in [0.15, 0.2) is 43.0 Å². The summed E-state index contributed by atoms with van der Waals surface area (Å²) in [6.45, 7) is -1.15. The SMILES string of the molecule is N#CCCOP(=O)(O)OC[C@H]1O[C@@H](n2cnc3c(NC(=O)c4ccccc4)ncnc32)[C@H](F)[C@@H]1O[P+](=O)O. The van der Waals surface area contributed by atoms with E-state index >= 15 is 4.39 Å². The van der Waals surface area contributed by atoms with Crippen molar-refractivity contribution in [3.05, 3.63) is 48.5 Å². The molecule has 0 bridgehead atoms. The minimum atomic E-state index is -4.64. The van der Waals surface area contributed by atoms with Gasteiger partial charge in [0, 0.05) is 10.1 Å². The Balaban J connectivity index is 1.55. The number of nitriles is 1. The van der Waals surface area contributed by atoms with Crippen LogP contribution < -0.4 is 5.32 Å². The zero-order valence-corrected chi connectivity index (χ0v) is 21.0. The van der Waals surface area contributed by atoms with Crippen molar-refractivity contribution in [2.45, 2.75) is 31.0 Å². The molecule has 4 rings (SSSR count). The van der Waals surface area contributed by atoms with Gasteiger partial charge >= 0.3 is 16.1 Å². The van der Waals surface area contributed by atoms with Crippen molar-refractivity contribution in [3.8, 4) is 6.07 Å². The third-order valence-corrected chi connectivity index (χ3v) is 6.66. The van der Waals surface area contributed by atoms with Gasteiger partial charge in [-0.2, -0.15) is 5.26 Å². The highest BCUT2D eigenvalue weighted by Crippen LogP contribution is 2.46. The lowest BCUT2D eigenvalue weighted by Crippen LogP contribution is -2.32. The van der Waals surface area contributed by atoms with E-state index in [4.69, 9.17) is 19.0 Å². The molecule has 3 aromatic rings. The summed E-state index contributed by atoms with van der Waals surface area (Å²) >= 11 is 0. The number of phosphoric acid groups is 1. The molecular weight excluding hydrogens is 549 g/mol. The van der Waals surface area contributed by atoms with Crippen molar-refractivity contribution in [1.29, 1.82) is 5.26 Å². The summed E-state index contributed by atoms with van der Waals surface area (Å²) in [7, 11) is -7.93. The minimum Gasteiger partial charge on any atom is -0.346 e. The van der Waals surface area contributed by atoms with Gasteiger partial charge in [-0.05, 0) is 12.1 Å². The molecule has 0 aliphatic carbocycles. The molecule has 2 unspecified atom stereocenters. The number of aromatic nitrogens is 4. The number of fused-ring (bicyclic) bond motifs is 1. The number of benzene rings is 1. The lowest BCUT2D eigenvalue weighted by molar-refractivity contribution is -0.0441. The summed E-state index contributed by atoms with van der Waals surface area (Å²) in [5.41, 5.74) is 0.515. The van der Waals surface area contributed by atoms with E-state index in [1.165, 1.54) is 0 Å². The summed E-state index contributed by atoms with van der Waals surface area (Å²) in [6, 6.07) is 10.0. The number of ether oxygens (including phenoxy) is 1. The second-order valence-corrected chi connectivity index (χ2v) is 9.83. The summed E-state index contributed by atoms with van der Waals surface area (Å²) in [5, 5.41) is 11.1. The average molecular weight is 569 g/mol.